The van der Waals surface area contributed by atoms with Crippen LogP contribution in [0.15, 0.2) is 30.5 Å². The number of hydrogen-bond acceptors (Lipinski definition) is 3. The lowest BCUT2D eigenvalue weighted by Crippen LogP contribution is -2.24. The summed E-state index contributed by atoms with van der Waals surface area (Å²) in [4.78, 5) is 12.0. The summed E-state index contributed by atoms with van der Waals surface area (Å²) in [6.07, 6.45) is 7.52. The van der Waals surface area contributed by atoms with E-state index in [-0.39, 0.29) is 11.8 Å². The molecule has 0 bridgehead atoms. The number of rotatable bonds is 3. The molecule has 1 amide bonds. The van der Waals surface area contributed by atoms with Gasteiger partial charge in [-0.25, -0.2) is 0 Å². The molecule has 0 spiro atoms. The van der Waals surface area contributed by atoms with Gasteiger partial charge in [0.25, 0.3) is 0 Å². The summed E-state index contributed by atoms with van der Waals surface area (Å²) in [5, 5.41) is 7.18. The molecule has 1 aromatic carbocycles. The predicted molar refractivity (Wildman–Crippen MR) is 87.6 cm³/mol. The van der Waals surface area contributed by atoms with Gasteiger partial charge in [-0.05, 0) is 43.4 Å². The van der Waals surface area contributed by atoms with Gasteiger partial charge in [-0.1, -0.05) is 12.1 Å². The van der Waals surface area contributed by atoms with Crippen molar-refractivity contribution in [2.24, 2.45) is 7.05 Å². The summed E-state index contributed by atoms with van der Waals surface area (Å²) >= 11 is 0. The zero-order chi connectivity index (χ0) is 15.8. The normalized spacial score (nSPS) is 21.1. The van der Waals surface area contributed by atoms with Gasteiger partial charge in [0.15, 0.2) is 0 Å². The molecule has 4 rings (SSSR count). The summed E-state index contributed by atoms with van der Waals surface area (Å²) in [5.41, 5.74) is 2.21. The van der Waals surface area contributed by atoms with Crippen molar-refractivity contribution in [3.8, 4) is 5.75 Å². The second-order valence-corrected chi connectivity index (χ2v) is 6.47. The second kappa shape index (κ2) is 5.72. The second-order valence-electron chi connectivity index (χ2n) is 6.47. The van der Waals surface area contributed by atoms with Crippen molar-refractivity contribution in [3.05, 3.63) is 41.6 Å². The molecule has 2 aromatic rings. The molecule has 1 saturated carbocycles. The van der Waals surface area contributed by atoms with Gasteiger partial charge in [-0.15, -0.1) is 0 Å². The maximum Gasteiger partial charge on any atom is 0.226 e. The number of carbonyl (C=O) groups is 1. The number of amides is 1. The Morgan fingerprint density at radius 1 is 1.22 bits per heavy atom. The number of ether oxygens (including phenoxy) is 1. The van der Waals surface area contributed by atoms with Crippen molar-refractivity contribution < 1.29 is 9.53 Å². The third-order valence-corrected chi connectivity index (χ3v) is 4.88. The zero-order valence-corrected chi connectivity index (χ0v) is 13.3. The maximum absolute atomic E-state index is 12.0. The van der Waals surface area contributed by atoms with Crippen LogP contribution in [0, 0.1) is 0 Å². The van der Waals surface area contributed by atoms with Crippen LogP contribution in [0.2, 0.25) is 0 Å². The van der Waals surface area contributed by atoms with Gasteiger partial charge in [-0.3, -0.25) is 9.48 Å². The average Bonchev–Trinajstić information content (AvgIpc) is 3.18. The van der Waals surface area contributed by atoms with Crippen LogP contribution < -0.4 is 10.1 Å². The van der Waals surface area contributed by atoms with Gasteiger partial charge in [0.1, 0.15) is 11.6 Å². The van der Waals surface area contributed by atoms with E-state index >= 15 is 0 Å². The summed E-state index contributed by atoms with van der Waals surface area (Å²) in [5.74, 6) is 1.83. The summed E-state index contributed by atoms with van der Waals surface area (Å²) < 4.78 is 7.74. The molecule has 1 aliphatic heterocycles. The Balaban J connectivity index is 1.57. The summed E-state index contributed by atoms with van der Waals surface area (Å²) in [7, 11) is 1.85. The molecule has 1 aliphatic carbocycles. The lowest BCUT2D eigenvalue weighted by atomic mass is 9.87. The number of fused-ring (bicyclic) bond motifs is 1. The highest BCUT2D eigenvalue weighted by Crippen LogP contribution is 2.37. The number of aryl methyl sites for hydroxylation is 1. The largest absolute Gasteiger partial charge is 0.490 e. The van der Waals surface area contributed by atoms with Crippen LogP contribution >= 0.6 is 0 Å². The predicted octanol–water partition coefficient (Wildman–Crippen LogP) is 3.22. The van der Waals surface area contributed by atoms with Crippen molar-refractivity contribution in [3.63, 3.8) is 0 Å². The van der Waals surface area contributed by atoms with Crippen LogP contribution in [0.3, 0.4) is 0 Å². The third-order valence-electron chi connectivity index (χ3n) is 4.88. The van der Waals surface area contributed by atoms with E-state index < -0.39 is 0 Å². The quantitative estimate of drug-likeness (QED) is 0.947. The van der Waals surface area contributed by atoms with Crippen LogP contribution in [0.1, 0.15) is 49.1 Å². The summed E-state index contributed by atoms with van der Waals surface area (Å²) in [6, 6.07) is 8.20. The molecule has 5 heteroatoms. The topological polar surface area (TPSA) is 56.2 Å². The Morgan fingerprint density at radius 3 is 2.70 bits per heavy atom. The van der Waals surface area contributed by atoms with E-state index in [0.29, 0.717) is 12.5 Å². The first kappa shape index (κ1) is 14.3. The van der Waals surface area contributed by atoms with E-state index in [1.807, 2.05) is 25.4 Å². The Bertz CT molecular complexity index is 714. The van der Waals surface area contributed by atoms with Crippen molar-refractivity contribution in [2.45, 2.75) is 44.1 Å². The molecule has 1 fully saturated rings. The highest BCUT2D eigenvalue weighted by Gasteiger charge is 2.29. The molecular formula is C18H21N3O2. The fourth-order valence-electron chi connectivity index (χ4n) is 3.62. The summed E-state index contributed by atoms with van der Waals surface area (Å²) in [6.45, 7) is 0. The van der Waals surface area contributed by atoms with Crippen molar-refractivity contribution in [2.75, 3.05) is 5.32 Å². The van der Waals surface area contributed by atoms with Gasteiger partial charge in [0, 0.05) is 24.9 Å². The first-order valence-electron chi connectivity index (χ1n) is 8.29. The SMILES string of the molecule is Cn1ncc2c1NC(=O)CC2c1ccc(OC2CCCC2)cc1. The van der Waals surface area contributed by atoms with E-state index in [1.165, 1.54) is 12.8 Å². The number of benzene rings is 1. The minimum Gasteiger partial charge on any atom is -0.490 e. The van der Waals surface area contributed by atoms with Gasteiger partial charge in [0.2, 0.25) is 5.91 Å². The number of carbonyl (C=O) groups excluding carboxylic acids is 1. The molecule has 1 aromatic heterocycles. The van der Waals surface area contributed by atoms with E-state index in [2.05, 4.69) is 22.5 Å². The molecule has 2 aliphatic rings. The molecular weight excluding hydrogens is 290 g/mol. The third kappa shape index (κ3) is 2.71. The molecule has 0 saturated heterocycles. The molecule has 23 heavy (non-hydrogen) atoms. The average molecular weight is 311 g/mol. The fourth-order valence-corrected chi connectivity index (χ4v) is 3.62. The number of nitrogens with zero attached hydrogens (tertiary/aromatic N) is 2. The lowest BCUT2D eigenvalue weighted by Gasteiger charge is -2.23. The molecule has 1 unspecified atom stereocenters. The smallest absolute Gasteiger partial charge is 0.226 e. The van der Waals surface area contributed by atoms with Crippen LogP contribution in [0.5, 0.6) is 5.75 Å². The number of nitrogens with one attached hydrogen (secondary N) is 1. The Labute approximate surface area is 135 Å². The monoisotopic (exact) mass is 311 g/mol. The van der Waals surface area contributed by atoms with Crippen LogP contribution in [-0.2, 0) is 11.8 Å². The zero-order valence-electron chi connectivity index (χ0n) is 13.3. The maximum atomic E-state index is 12.0. The van der Waals surface area contributed by atoms with E-state index in [9.17, 15) is 4.79 Å². The molecule has 120 valence electrons. The van der Waals surface area contributed by atoms with E-state index in [1.54, 1.807) is 4.68 Å². The number of anilines is 1. The Hall–Kier alpha value is -2.30. The van der Waals surface area contributed by atoms with Crippen molar-refractivity contribution in [1.82, 2.24) is 9.78 Å². The Kier molecular flexibility index (Phi) is 3.56. The van der Waals surface area contributed by atoms with Crippen molar-refractivity contribution in [1.29, 1.82) is 0 Å². The minimum absolute atomic E-state index is 0.0392. The molecule has 2 heterocycles. The molecule has 1 atom stereocenters. The molecule has 5 nitrogen and oxygen atoms in total. The van der Waals surface area contributed by atoms with Crippen molar-refractivity contribution >= 4 is 11.7 Å². The number of hydrogen-bond donors (Lipinski definition) is 1. The highest BCUT2D eigenvalue weighted by atomic mass is 16.5. The highest BCUT2D eigenvalue weighted by molar-refractivity contribution is 5.94. The first-order valence-corrected chi connectivity index (χ1v) is 8.29. The fraction of sp³-hybridized carbons (Fsp3) is 0.444. The molecule has 1 N–H and O–H groups in total. The minimum atomic E-state index is 0.0392. The van der Waals surface area contributed by atoms with Crippen LogP contribution in [-0.4, -0.2) is 21.8 Å². The van der Waals surface area contributed by atoms with Crippen LogP contribution in [0.4, 0.5) is 5.82 Å². The van der Waals surface area contributed by atoms with Gasteiger partial charge in [0.05, 0.1) is 12.3 Å². The first-order chi connectivity index (χ1) is 11.2. The number of aromatic nitrogens is 2. The van der Waals surface area contributed by atoms with Gasteiger partial charge >= 0.3 is 0 Å². The van der Waals surface area contributed by atoms with Gasteiger partial charge < -0.3 is 10.1 Å². The Morgan fingerprint density at radius 2 is 1.96 bits per heavy atom. The van der Waals surface area contributed by atoms with E-state index in [4.69, 9.17) is 4.74 Å². The lowest BCUT2D eigenvalue weighted by molar-refractivity contribution is -0.116. The molecule has 0 radical (unpaired) electrons. The standard InChI is InChI=1S/C18H21N3O2/c1-21-18-16(11-19-21)15(10-17(22)20-18)12-6-8-14(9-7-12)23-13-4-2-3-5-13/h6-9,11,13,15H,2-5,10H2,1H3,(H,20,22). The van der Waals surface area contributed by atoms with Crippen LogP contribution in [0.25, 0.3) is 0 Å². The van der Waals surface area contributed by atoms with Gasteiger partial charge in [-0.2, -0.15) is 5.10 Å². The van der Waals surface area contributed by atoms with E-state index in [0.717, 1.165) is 35.5 Å².